The van der Waals surface area contributed by atoms with Gasteiger partial charge in [0.05, 0.1) is 5.69 Å². The molecule has 0 atom stereocenters. The molecule has 0 spiro atoms. The lowest BCUT2D eigenvalue weighted by molar-refractivity contribution is 0.0701. The minimum Gasteiger partial charge on any atom is -0.477 e. The van der Waals surface area contributed by atoms with Gasteiger partial charge in [-0.1, -0.05) is 19.1 Å². The van der Waals surface area contributed by atoms with Crippen molar-refractivity contribution in [3.05, 3.63) is 34.8 Å². The molecule has 0 bridgehead atoms. The molecule has 5 heteroatoms. The van der Waals surface area contributed by atoms with Crippen molar-refractivity contribution >= 4 is 29.1 Å². The molecule has 18 heavy (non-hydrogen) atoms. The molecule has 3 nitrogen and oxygen atoms in total. The van der Waals surface area contributed by atoms with Crippen LogP contribution < -0.4 is 0 Å². The summed E-state index contributed by atoms with van der Waals surface area (Å²) in [6, 6.07) is 8.01. The number of hydrogen-bond donors (Lipinski definition) is 1. The minimum absolute atomic E-state index is 0.349. The van der Waals surface area contributed by atoms with E-state index >= 15 is 0 Å². The third-order valence-corrected chi connectivity index (χ3v) is 4.44. The van der Waals surface area contributed by atoms with Crippen LogP contribution in [0.25, 0.3) is 10.6 Å². The van der Waals surface area contributed by atoms with Gasteiger partial charge < -0.3 is 5.11 Å². The van der Waals surface area contributed by atoms with Crippen molar-refractivity contribution in [2.75, 3.05) is 6.26 Å². The summed E-state index contributed by atoms with van der Waals surface area (Å²) in [7, 11) is 0. The molecule has 0 amide bonds. The van der Waals surface area contributed by atoms with Gasteiger partial charge in [0.15, 0.2) is 0 Å². The Labute approximate surface area is 114 Å². The molecule has 0 fully saturated rings. The quantitative estimate of drug-likeness (QED) is 0.865. The zero-order valence-electron chi connectivity index (χ0n) is 10.1. The summed E-state index contributed by atoms with van der Waals surface area (Å²) < 4.78 is 0. The number of nitrogens with zero attached hydrogens (tertiary/aromatic N) is 1. The molecule has 0 aliphatic heterocycles. The molecule has 94 valence electrons. The first kappa shape index (κ1) is 13.1. The number of aromatic carboxylic acids is 1. The highest BCUT2D eigenvalue weighted by molar-refractivity contribution is 7.98. The van der Waals surface area contributed by atoms with E-state index < -0.39 is 5.97 Å². The molecule has 0 aliphatic rings. The Morgan fingerprint density at radius 3 is 2.50 bits per heavy atom. The topological polar surface area (TPSA) is 50.2 Å². The zero-order valence-corrected chi connectivity index (χ0v) is 11.8. The second-order valence-electron chi connectivity index (χ2n) is 3.68. The minimum atomic E-state index is -0.892. The van der Waals surface area contributed by atoms with E-state index in [0.29, 0.717) is 17.0 Å². The van der Waals surface area contributed by atoms with E-state index in [4.69, 9.17) is 5.11 Å². The van der Waals surface area contributed by atoms with Gasteiger partial charge in [0.25, 0.3) is 0 Å². The first-order valence-electron chi connectivity index (χ1n) is 5.53. The van der Waals surface area contributed by atoms with Crippen LogP contribution in [0.1, 0.15) is 22.3 Å². The van der Waals surface area contributed by atoms with Crippen molar-refractivity contribution in [1.29, 1.82) is 0 Å². The van der Waals surface area contributed by atoms with E-state index in [1.54, 1.807) is 11.8 Å². The number of carboxylic acid groups (broad SMARTS) is 1. The highest BCUT2D eigenvalue weighted by Gasteiger charge is 2.16. The largest absolute Gasteiger partial charge is 0.477 e. The second-order valence-corrected chi connectivity index (χ2v) is 5.56. The molecule has 0 saturated heterocycles. The monoisotopic (exact) mass is 279 g/mol. The Morgan fingerprint density at radius 1 is 1.39 bits per heavy atom. The van der Waals surface area contributed by atoms with Gasteiger partial charge in [-0.15, -0.1) is 23.1 Å². The SMILES string of the molecule is CCc1nc(-c2ccc(SC)cc2)sc1C(=O)O. The summed E-state index contributed by atoms with van der Waals surface area (Å²) in [5.74, 6) is -0.892. The Kier molecular flexibility index (Phi) is 4.04. The summed E-state index contributed by atoms with van der Waals surface area (Å²) in [6.07, 6.45) is 2.66. The molecule has 0 unspecified atom stereocenters. The lowest BCUT2D eigenvalue weighted by Crippen LogP contribution is -1.97. The number of aromatic nitrogens is 1. The molecular weight excluding hydrogens is 266 g/mol. The Hall–Kier alpha value is -1.33. The van der Waals surface area contributed by atoms with Crippen molar-refractivity contribution in [1.82, 2.24) is 4.98 Å². The third-order valence-electron chi connectivity index (χ3n) is 2.56. The molecular formula is C13H13NO2S2. The van der Waals surface area contributed by atoms with Crippen LogP contribution in [0, 0.1) is 0 Å². The third kappa shape index (κ3) is 2.57. The maximum Gasteiger partial charge on any atom is 0.347 e. The van der Waals surface area contributed by atoms with Gasteiger partial charge in [-0.3, -0.25) is 0 Å². The lowest BCUT2D eigenvalue weighted by atomic mass is 10.2. The van der Waals surface area contributed by atoms with Crippen LogP contribution in [0.4, 0.5) is 0 Å². The van der Waals surface area contributed by atoms with Gasteiger partial charge in [-0.2, -0.15) is 0 Å². The van der Waals surface area contributed by atoms with Crippen LogP contribution in [-0.4, -0.2) is 22.3 Å². The van der Waals surface area contributed by atoms with Crippen LogP contribution in [0.15, 0.2) is 29.2 Å². The molecule has 1 aromatic carbocycles. The van der Waals surface area contributed by atoms with Crippen molar-refractivity contribution in [3.8, 4) is 10.6 Å². The van der Waals surface area contributed by atoms with Gasteiger partial charge in [-0.25, -0.2) is 9.78 Å². The Bertz CT molecular complexity index is 561. The first-order valence-corrected chi connectivity index (χ1v) is 7.57. The van der Waals surface area contributed by atoms with Gasteiger partial charge in [0.2, 0.25) is 0 Å². The van der Waals surface area contributed by atoms with Crippen molar-refractivity contribution in [2.45, 2.75) is 18.2 Å². The fraction of sp³-hybridized carbons (Fsp3) is 0.231. The average Bonchev–Trinajstić information content (AvgIpc) is 2.83. The first-order chi connectivity index (χ1) is 8.65. The maximum atomic E-state index is 11.1. The Morgan fingerprint density at radius 2 is 2.06 bits per heavy atom. The van der Waals surface area contributed by atoms with Crippen molar-refractivity contribution in [2.24, 2.45) is 0 Å². The van der Waals surface area contributed by atoms with Crippen molar-refractivity contribution < 1.29 is 9.90 Å². The molecule has 0 saturated carbocycles. The van der Waals surface area contributed by atoms with E-state index in [-0.39, 0.29) is 0 Å². The number of carbonyl (C=O) groups is 1. The highest BCUT2D eigenvalue weighted by Crippen LogP contribution is 2.29. The highest BCUT2D eigenvalue weighted by atomic mass is 32.2. The van der Waals surface area contributed by atoms with E-state index in [1.807, 2.05) is 37.4 Å². The van der Waals surface area contributed by atoms with Crippen LogP contribution in [0.3, 0.4) is 0 Å². The molecule has 2 rings (SSSR count). The molecule has 1 heterocycles. The van der Waals surface area contributed by atoms with Crippen LogP contribution in [0.5, 0.6) is 0 Å². The molecule has 2 aromatic rings. The number of hydrogen-bond acceptors (Lipinski definition) is 4. The standard InChI is InChI=1S/C13H13NO2S2/c1-3-10-11(13(15)16)18-12(14-10)8-4-6-9(17-2)7-5-8/h4-7H,3H2,1-2H3,(H,15,16). The van der Waals surface area contributed by atoms with Crippen LogP contribution >= 0.6 is 23.1 Å². The summed E-state index contributed by atoms with van der Waals surface area (Å²) in [4.78, 5) is 17.0. The molecule has 0 radical (unpaired) electrons. The number of thiazole rings is 1. The average molecular weight is 279 g/mol. The fourth-order valence-corrected chi connectivity index (χ4v) is 3.02. The number of rotatable bonds is 4. The second kappa shape index (κ2) is 5.54. The van der Waals surface area contributed by atoms with Crippen molar-refractivity contribution in [3.63, 3.8) is 0 Å². The van der Waals surface area contributed by atoms with Gasteiger partial charge in [-0.05, 0) is 24.8 Å². The summed E-state index contributed by atoms with van der Waals surface area (Å²) >= 11 is 2.92. The van der Waals surface area contributed by atoms with Crippen LogP contribution in [-0.2, 0) is 6.42 Å². The number of carboxylic acids is 1. The zero-order chi connectivity index (χ0) is 13.1. The summed E-state index contributed by atoms with van der Waals surface area (Å²) in [5.41, 5.74) is 1.64. The van der Waals surface area contributed by atoms with Gasteiger partial charge >= 0.3 is 5.97 Å². The van der Waals surface area contributed by atoms with Crippen LogP contribution in [0.2, 0.25) is 0 Å². The smallest absolute Gasteiger partial charge is 0.347 e. The predicted molar refractivity (Wildman–Crippen MR) is 75.7 cm³/mol. The number of thioether (sulfide) groups is 1. The van der Waals surface area contributed by atoms with Gasteiger partial charge in [0.1, 0.15) is 9.88 Å². The maximum absolute atomic E-state index is 11.1. The fourth-order valence-electron chi connectivity index (χ4n) is 1.62. The number of aryl methyl sites for hydroxylation is 1. The normalized spacial score (nSPS) is 10.6. The van der Waals surface area contributed by atoms with E-state index in [2.05, 4.69) is 4.98 Å². The summed E-state index contributed by atoms with van der Waals surface area (Å²) in [6.45, 7) is 1.92. The lowest BCUT2D eigenvalue weighted by Gasteiger charge is -1.98. The number of benzene rings is 1. The predicted octanol–water partition coefficient (Wildman–Crippen LogP) is 3.79. The molecule has 0 aliphatic carbocycles. The molecule has 1 N–H and O–H groups in total. The summed E-state index contributed by atoms with van der Waals surface area (Å²) in [5, 5.41) is 9.88. The van der Waals surface area contributed by atoms with E-state index in [0.717, 1.165) is 10.6 Å². The van der Waals surface area contributed by atoms with E-state index in [9.17, 15) is 4.79 Å². The van der Waals surface area contributed by atoms with E-state index in [1.165, 1.54) is 16.2 Å². The van der Waals surface area contributed by atoms with Gasteiger partial charge in [0, 0.05) is 10.5 Å². The molecule has 1 aromatic heterocycles. The Balaban J connectivity index is 2.40.